The molecule has 108 valence electrons. The molecular formula is C12H19O6P. The highest BCUT2D eigenvalue weighted by Gasteiger charge is 2.20. The molecule has 1 aromatic carbocycles. The van der Waals surface area contributed by atoms with Crippen LogP contribution in [0.3, 0.4) is 0 Å². The number of hydrogen-bond acceptors (Lipinski definition) is 6. The van der Waals surface area contributed by atoms with Gasteiger partial charge in [0.2, 0.25) is 11.5 Å². The van der Waals surface area contributed by atoms with Crippen LogP contribution < -0.4 is 18.7 Å². The van der Waals surface area contributed by atoms with Gasteiger partial charge < -0.3 is 28.5 Å². The summed E-state index contributed by atoms with van der Waals surface area (Å²) in [5.41, 5.74) is 0. The first kappa shape index (κ1) is 15.8. The average Bonchev–Trinajstić information content (AvgIpc) is 2.36. The van der Waals surface area contributed by atoms with E-state index in [0.717, 1.165) is 0 Å². The Kier molecular flexibility index (Phi) is 6.70. The summed E-state index contributed by atoms with van der Waals surface area (Å²) >= 11 is 0. The zero-order chi connectivity index (χ0) is 14.3. The quantitative estimate of drug-likeness (QED) is 0.716. The highest BCUT2D eigenvalue weighted by Crippen LogP contribution is 2.47. The van der Waals surface area contributed by atoms with Crippen molar-refractivity contribution in [2.75, 3.05) is 19.8 Å². The van der Waals surface area contributed by atoms with E-state index in [-0.39, 0.29) is 5.75 Å². The van der Waals surface area contributed by atoms with Gasteiger partial charge in [0.05, 0.1) is 19.8 Å². The maximum absolute atomic E-state index is 8.96. The molecule has 0 bridgehead atoms. The van der Waals surface area contributed by atoms with Gasteiger partial charge in [-0.1, -0.05) is 0 Å². The van der Waals surface area contributed by atoms with Gasteiger partial charge in [-0.2, -0.15) is 0 Å². The lowest BCUT2D eigenvalue weighted by Crippen LogP contribution is -2.03. The predicted octanol–water partition coefficient (Wildman–Crippen LogP) is 2.47. The van der Waals surface area contributed by atoms with Crippen molar-refractivity contribution in [2.24, 2.45) is 0 Å². The molecular weight excluding hydrogens is 271 g/mol. The molecule has 19 heavy (non-hydrogen) atoms. The summed E-state index contributed by atoms with van der Waals surface area (Å²) in [4.78, 5) is 17.9. The van der Waals surface area contributed by atoms with Crippen LogP contribution >= 0.6 is 8.60 Å². The van der Waals surface area contributed by atoms with Crippen molar-refractivity contribution >= 4 is 8.60 Å². The molecule has 0 fully saturated rings. The van der Waals surface area contributed by atoms with Gasteiger partial charge in [0, 0.05) is 0 Å². The lowest BCUT2D eigenvalue weighted by molar-refractivity contribution is 0.254. The van der Waals surface area contributed by atoms with Crippen molar-refractivity contribution in [1.82, 2.24) is 0 Å². The van der Waals surface area contributed by atoms with Crippen LogP contribution in [0.5, 0.6) is 23.0 Å². The van der Waals surface area contributed by atoms with E-state index in [1.807, 2.05) is 20.8 Å². The summed E-state index contributed by atoms with van der Waals surface area (Å²) in [6, 6.07) is 3.20. The lowest BCUT2D eigenvalue weighted by Gasteiger charge is -2.18. The van der Waals surface area contributed by atoms with Gasteiger partial charge in [-0.05, 0) is 32.9 Å². The van der Waals surface area contributed by atoms with Crippen molar-refractivity contribution < 1.29 is 28.5 Å². The van der Waals surface area contributed by atoms with E-state index in [0.29, 0.717) is 37.1 Å². The Bertz CT molecular complexity index is 396. The van der Waals surface area contributed by atoms with E-state index >= 15 is 0 Å². The van der Waals surface area contributed by atoms with Crippen LogP contribution in [0.4, 0.5) is 0 Å². The molecule has 0 saturated carbocycles. The van der Waals surface area contributed by atoms with Crippen molar-refractivity contribution in [1.29, 1.82) is 0 Å². The molecule has 0 atom stereocenters. The van der Waals surface area contributed by atoms with Gasteiger partial charge in [-0.25, -0.2) is 0 Å². The number of rotatable bonds is 8. The number of hydrogen-bond donors (Lipinski definition) is 2. The van der Waals surface area contributed by atoms with Crippen molar-refractivity contribution in [3.63, 3.8) is 0 Å². The Morgan fingerprint density at radius 1 is 0.842 bits per heavy atom. The third-order valence-electron chi connectivity index (χ3n) is 2.10. The van der Waals surface area contributed by atoms with Crippen LogP contribution in [-0.2, 0) is 0 Å². The first-order valence-corrected chi connectivity index (χ1v) is 7.21. The Hall–Kier alpha value is -1.23. The summed E-state index contributed by atoms with van der Waals surface area (Å²) < 4.78 is 21.4. The van der Waals surface area contributed by atoms with Crippen LogP contribution in [0.25, 0.3) is 0 Å². The molecule has 7 heteroatoms. The monoisotopic (exact) mass is 290 g/mol. The van der Waals surface area contributed by atoms with E-state index in [1.165, 1.54) is 0 Å². The van der Waals surface area contributed by atoms with Crippen LogP contribution in [0.2, 0.25) is 0 Å². The average molecular weight is 290 g/mol. The molecule has 0 amide bonds. The minimum absolute atomic E-state index is 0.213. The lowest BCUT2D eigenvalue weighted by atomic mass is 10.2. The minimum Gasteiger partial charge on any atom is -0.490 e. The predicted molar refractivity (Wildman–Crippen MR) is 71.9 cm³/mol. The third-order valence-corrected chi connectivity index (χ3v) is 2.46. The zero-order valence-electron chi connectivity index (χ0n) is 11.3. The van der Waals surface area contributed by atoms with E-state index in [2.05, 4.69) is 0 Å². The van der Waals surface area contributed by atoms with Crippen LogP contribution in [0.1, 0.15) is 20.8 Å². The maximum Gasteiger partial charge on any atom is 0.391 e. The fraction of sp³-hybridized carbons (Fsp3) is 0.500. The van der Waals surface area contributed by atoms with E-state index in [1.54, 1.807) is 12.1 Å². The smallest absolute Gasteiger partial charge is 0.391 e. The topological polar surface area (TPSA) is 77.4 Å². The summed E-state index contributed by atoms with van der Waals surface area (Å²) in [6.07, 6.45) is 0. The first-order valence-electron chi connectivity index (χ1n) is 6.05. The van der Waals surface area contributed by atoms with Crippen molar-refractivity contribution in [3.05, 3.63) is 12.1 Å². The second-order valence-electron chi connectivity index (χ2n) is 3.36. The van der Waals surface area contributed by atoms with Gasteiger partial charge in [-0.15, -0.1) is 0 Å². The highest BCUT2D eigenvalue weighted by molar-refractivity contribution is 7.39. The third kappa shape index (κ3) is 4.42. The molecule has 0 unspecified atom stereocenters. The molecule has 0 radical (unpaired) electrons. The standard InChI is InChI=1S/C12H19O6P/c1-4-15-9-7-8-10(18-19(13)14)12(17-6-3)11(9)16-5-2/h7-8,13-14H,4-6H2,1-3H3. The molecule has 0 heterocycles. The largest absolute Gasteiger partial charge is 0.490 e. The van der Waals surface area contributed by atoms with E-state index in [9.17, 15) is 0 Å². The first-order chi connectivity index (χ1) is 9.13. The SMILES string of the molecule is CCOc1ccc(OP(O)O)c(OCC)c1OCC. The summed E-state index contributed by atoms with van der Waals surface area (Å²) in [6.45, 7) is 6.81. The number of ether oxygens (including phenoxy) is 3. The fourth-order valence-electron chi connectivity index (χ4n) is 1.52. The molecule has 6 nitrogen and oxygen atoms in total. The van der Waals surface area contributed by atoms with Gasteiger partial charge in [0.1, 0.15) is 0 Å². The zero-order valence-corrected chi connectivity index (χ0v) is 12.1. The van der Waals surface area contributed by atoms with E-state index < -0.39 is 8.60 Å². The Balaban J connectivity index is 3.21. The van der Waals surface area contributed by atoms with Crippen molar-refractivity contribution in [2.45, 2.75) is 20.8 Å². The van der Waals surface area contributed by atoms with Crippen LogP contribution in [0.15, 0.2) is 12.1 Å². The normalized spacial score (nSPS) is 10.4. The highest BCUT2D eigenvalue weighted by atomic mass is 31.2. The molecule has 1 rings (SSSR count). The van der Waals surface area contributed by atoms with Crippen molar-refractivity contribution in [3.8, 4) is 23.0 Å². The Morgan fingerprint density at radius 2 is 1.32 bits per heavy atom. The second-order valence-corrected chi connectivity index (χ2v) is 4.05. The van der Waals surface area contributed by atoms with Gasteiger partial charge >= 0.3 is 8.60 Å². The molecule has 0 saturated heterocycles. The molecule has 0 aliphatic heterocycles. The molecule has 0 aliphatic rings. The van der Waals surface area contributed by atoms with Gasteiger partial charge in [0.25, 0.3) is 0 Å². The molecule has 2 N–H and O–H groups in total. The fourth-order valence-corrected chi connectivity index (χ4v) is 1.84. The summed E-state index contributed by atoms with van der Waals surface area (Å²) in [5, 5.41) is 0. The number of benzene rings is 1. The Morgan fingerprint density at radius 3 is 1.79 bits per heavy atom. The van der Waals surface area contributed by atoms with Gasteiger partial charge in [-0.3, -0.25) is 0 Å². The molecule has 0 aromatic heterocycles. The van der Waals surface area contributed by atoms with Gasteiger partial charge in [0.15, 0.2) is 11.5 Å². The maximum atomic E-state index is 8.96. The molecule has 1 aromatic rings. The molecule has 0 aliphatic carbocycles. The molecule has 0 spiro atoms. The van der Waals surface area contributed by atoms with Crippen LogP contribution in [-0.4, -0.2) is 29.6 Å². The Labute approximate surface area is 113 Å². The van der Waals surface area contributed by atoms with E-state index in [4.69, 9.17) is 28.5 Å². The van der Waals surface area contributed by atoms with Crippen LogP contribution in [0, 0.1) is 0 Å². The minimum atomic E-state index is -2.52. The summed E-state index contributed by atoms with van der Waals surface area (Å²) in [7, 11) is -2.52. The summed E-state index contributed by atoms with van der Waals surface area (Å²) in [5.74, 6) is 1.46. The second kappa shape index (κ2) is 8.04.